The highest BCUT2D eigenvalue weighted by atomic mass is 16.1. The molecule has 0 saturated heterocycles. The van der Waals surface area contributed by atoms with Crippen molar-refractivity contribution in [3.05, 3.63) is 70.1 Å². The summed E-state index contributed by atoms with van der Waals surface area (Å²) in [6.07, 6.45) is 2.35. The van der Waals surface area contributed by atoms with E-state index in [9.17, 15) is 9.59 Å². The van der Waals surface area contributed by atoms with Gasteiger partial charge in [-0.15, -0.1) is 0 Å². The topological polar surface area (TPSA) is 90.6 Å². The fourth-order valence-electron chi connectivity index (χ4n) is 3.03. The smallest absolute Gasteiger partial charge is 0.251 e. The monoisotopic (exact) mass is 346 g/mol. The highest BCUT2D eigenvalue weighted by Gasteiger charge is 2.08. The van der Waals surface area contributed by atoms with Crippen LogP contribution < -0.4 is 10.9 Å². The number of nitrogens with zero attached hydrogens (tertiary/aromatic N) is 1. The number of aromatic nitrogens is 3. The van der Waals surface area contributed by atoms with Gasteiger partial charge in [-0.05, 0) is 54.6 Å². The summed E-state index contributed by atoms with van der Waals surface area (Å²) in [5, 5.41) is 11.6. The van der Waals surface area contributed by atoms with Gasteiger partial charge in [0.2, 0.25) is 5.91 Å². The van der Waals surface area contributed by atoms with E-state index >= 15 is 0 Å². The molecule has 0 aliphatic rings. The zero-order valence-corrected chi connectivity index (χ0v) is 14.3. The highest BCUT2D eigenvalue weighted by molar-refractivity contribution is 5.93. The lowest BCUT2D eigenvalue weighted by Crippen LogP contribution is -2.17. The summed E-state index contributed by atoms with van der Waals surface area (Å²) in [6, 6.07) is 13.3. The number of benzene rings is 2. The van der Waals surface area contributed by atoms with Crippen molar-refractivity contribution in [3.63, 3.8) is 0 Å². The van der Waals surface area contributed by atoms with E-state index in [4.69, 9.17) is 0 Å². The average molecular weight is 346 g/mol. The zero-order valence-electron chi connectivity index (χ0n) is 14.3. The van der Waals surface area contributed by atoms with Gasteiger partial charge < -0.3 is 10.3 Å². The summed E-state index contributed by atoms with van der Waals surface area (Å²) in [5.74, 6) is -0.132. The predicted molar refractivity (Wildman–Crippen MR) is 102 cm³/mol. The Morgan fingerprint density at radius 1 is 1.08 bits per heavy atom. The van der Waals surface area contributed by atoms with E-state index in [1.165, 1.54) is 0 Å². The number of amides is 1. The minimum Gasteiger partial charge on any atom is -0.326 e. The van der Waals surface area contributed by atoms with Gasteiger partial charge in [0.1, 0.15) is 0 Å². The fourth-order valence-corrected chi connectivity index (χ4v) is 3.03. The molecular formula is C20H18N4O2. The van der Waals surface area contributed by atoms with Crippen LogP contribution in [0.2, 0.25) is 0 Å². The quantitative estimate of drug-likeness (QED) is 0.529. The number of fused-ring (bicyclic) bond motifs is 2. The first-order valence-corrected chi connectivity index (χ1v) is 8.44. The molecule has 3 N–H and O–H groups in total. The maximum absolute atomic E-state index is 12.2. The Balaban J connectivity index is 1.46. The lowest BCUT2D eigenvalue weighted by Gasteiger charge is -2.06. The molecule has 0 unspecified atom stereocenters. The Morgan fingerprint density at radius 3 is 2.81 bits per heavy atom. The Labute approximate surface area is 149 Å². The predicted octanol–water partition coefficient (Wildman–Crippen LogP) is 3.28. The molecule has 0 spiro atoms. The number of hydrogen-bond acceptors (Lipinski definition) is 3. The number of H-pyrrole nitrogens is 2. The van der Waals surface area contributed by atoms with Gasteiger partial charge in [-0.25, -0.2) is 0 Å². The lowest BCUT2D eigenvalue weighted by atomic mass is 10.1. The molecule has 0 aliphatic carbocycles. The third kappa shape index (κ3) is 3.21. The highest BCUT2D eigenvalue weighted by Crippen LogP contribution is 2.17. The molecule has 0 radical (unpaired) electrons. The molecular weight excluding hydrogens is 328 g/mol. The largest absolute Gasteiger partial charge is 0.326 e. The molecule has 0 fully saturated rings. The molecule has 2 aromatic heterocycles. The first-order chi connectivity index (χ1) is 12.6. The van der Waals surface area contributed by atoms with Crippen LogP contribution in [0.4, 0.5) is 5.69 Å². The van der Waals surface area contributed by atoms with Crippen molar-refractivity contribution < 1.29 is 4.79 Å². The van der Waals surface area contributed by atoms with Crippen LogP contribution in [0.1, 0.15) is 17.5 Å². The molecule has 2 aromatic carbocycles. The van der Waals surface area contributed by atoms with Crippen molar-refractivity contribution in [1.82, 2.24) is 15.2 Å². The standard InChI is InChI=1S/C20H18N4O2/c1-12-2-3-13-9-14(20(26)23-17(13)8-12)5-7-19(25)22-16-6-4-15-11-21-24-18(15)10-16/h2-4,6,8-11H,5,7H2,1H3,(H,21,24)(H,22,25)(H,23,26). The normalized spacial score (nSPS) is 11.1. The summed E-state index contributed by atoms with van der Waals surface area (Å²) in [6.45, 7) is 1.98. The lowest BCUT2D eigenvalue weighted by molar-refractivity contribution is -0.116. The number of aryl methyl sites for hydroxylation is 2. The molecule has 2 heterocycles. The molecule has 26 heavy (non-hydrogen) atoms. The number of aromatic amines is 2. The second kappa shape index (κ2) is 6.48. The van der Waals surface area contributed by atoms with Crippen LogP contribution in [0, 0.1) is 6.92 Å². The van der Waals surface area contributed by atoms with Crippen LogP contribution in [0.3, 0.4) is 0 Å². The molecule has 0 bridgehead atoms. The summed E-state index contributed by atoms with van der Waals surface area (Å²) in [7, 11) is 0. The number of hydrogen-bond donors (Lipinski definition) is 3. The zero-order chi connectivity index (χ0) is 18.1. The molecule has 0 atom stereocenters. The first-order valence-electron chi connectivity index (χ1n) is 8.44. The molecule has 1 amide bonds. The van der Waals surface area contributed by atoms with E-state index in [0.29, 0.717) is 17.7 Å². The van der Waals surface area contributed by atoms with Crippen molar-refractivity contribution in [2.75, 3.05) is 5.32 Å². The summed E-state index contributed by atoms with van der Waals surface area (Å²) < 4.78 is 0. The van der Waals surface area contributed by atoms with E-state index in [0.717, 1.165) is 27.4 Å². The molecule has 0 aliphatic heterocycles. The number of carbonyl (C=O) groups excluding carboxylic acids is 1. The number of anilines is 1. The molecule has 4 rings (SSSR count). The van der Waals surface area contributed by atoms with Crippen LogP contribution in [-0.4, -0.2) is 21.1 Å². The van der Waals surface area contributed by atoms with Crippen LogP contribution in [-0.2, 0) is 11.2 Å². The van der Waals surface area contributed by atoms with Crippen molar-refractivity contribution >= 4 is 33.4 Å². The second-order valence-electron chi connectivity index (χ2n) is 6.43. The van der Waals surface area contributed by atoms with Crippen LogP contribution in [0.5, 0.6) is 0 Å². The van der Waals surface area contributed by atoms with Crippen LogP contribution >= 0.6 is 0 Å². The van der Waals surface area contributed by atoms with Gasteiger partial charge in [0.15, 0.2) is 0 Å². The van der Waals surface area contributed by atoms with Gasteiger partial charge >= 0.3 is 0 Å². The maximum Gasteiger partial charge on any atom is 0.251 e. The van der Waals surface area contributed by atoms with Crippen molar-refractivity contribution in [1.29, 1.82) is 0 Å². The van der Waals surface area contributed by atoms with Crippen LogP contribution in [0.15, 0.2) is 53.5 Å². The van der Waals surface area contributed by atoms with Crippen molar-refractivity contribution in [2.24, 2.45) is 0 Å². The Bertz CT molecular complexity index is 1170. The average Bonchev–Trinajstić information content (AvgIpc) is 3.07. The fraction of sp³-hybridized carbons (Fsp3) is 0.150. The van der Waals surface area contributed by atoms with Crippen molar-refractivity contribution in [2.45, 2.75) is 19.8 Å². The summed E-state index contributed by atoms with van der Waals surface area (Å²) in [4.78, 5) is 27.4. The van der Waals surface area contributed by atoms with E-state index in [1.54, 1.807) is 6.20 Å². The van der Waals surface area contributed by atoms with E-state index in [1.807, 2.05) is 49.4 Å². The Hall–Kier alpha value is -3.41. The molecule has 130 valence electrons. The van der Waals surface area contributed by atoms with E-state index in [-0.39, 0.29) is 17.9 Å². The van der Waals surface area contributed by atoms with Crippen molar-refractivity contribution in [3.8, 4) is 0 Å². The molecule has 6 nitrogen and oxygen atoms in total. The molecule has 0 saturated carbocycles. The van der Waals surface area contributed by atoms with E-state index < -0.39 is 0 Å². The Morgan fingerprint density at radius 2 is 1.92 bits per heavy atom. The Kier molecular flexibility index (Phi) is 4.01. The molecule has 4 aromatic rings. The third-order valence-electron chi connectivity index (χ3n) is 4.43. The SMILES string of the molecule is Cc1ccc2cc(CCC(=O)Nc3ccc4cn[nH]c4c3)c(=O)[nH]c2c1. The van der Waals surface area contributed by atoms with Gasteiger partial charge in [0, 0.05) is 28.6 Å². The second-order valence-corrected chi connectivity index (χ2v) is 6.43. The minimum absolute atomic E-state index is 0.132. The third-order valence-corrected chi connectivity index (χ3v) is 4.43. The van der Waals surface area contributed by atoms with Gasteiger partial charge in [-0.2, -0.15) is 5.10 Å². The van der Waals surface area contributed by atoms with Gasteiger partial charge in [0.05, 0.1) is 11.7 Å². The number of nitrogens with one attached hydrogen (secondary N) is 3. The van der Waals surface area contributed by atoms with Gasteiger partial charge in [0.25, 0.3) is 5.56 Å². The van der Waals surface area contributed by atoms with Gasteiger partial charge in [-0.1, -0.05) is 12.1 Å². The number of carbonyl (C=O) groups is 1. The maximum atomic E-state index is 12.2. The summed E-state index contributed by atoms with van der Waals surface area (Å²) in [5.41, 5.74) is 3.94. The number of rotatable bonds is 4. The minimum atomic E-state index is -0.144. The van der Waals surface area contributed by atoms with Gasteiger partial charge in [-0.3, -0.25) is 14.7 Å². The van der Waals surface area contributed by atoms with Crippen LogP contribution in [0.25, 0.3) is 21.8 Å². The molecule has 6 heteroatoms. The number of pyridine rings is 1. The first kappa shape index (κ1) is 16.1. The van der Waals surface area contributed by atoms with E-state index in [2.05, 4.69) is 20.5 Å². The summed E-state index contributed by atoms with van der Waals surface area (Å²) >= 11 is 0.